The van der Waals surface area contributed by atoms with Crippen molar-refractivity contribution in [3.63, 3.8) is 0 Å². The second-order valence-electron chi connectivity index (χ2n) is 4.90. The molecule has 0 aromatic heterocycles. The summed E-state index contributed by atoms with van der Waals surface area (Å²) in [5.41, 5.74) is 0. The van der Waals surface area contributed by atoms with Crippen LogP contribution < -0.4 is 0 Å². The maximum Gasteiger partial charge on any atom is 0.330 e. The van der Waals surface area contributed by atoms with E-state index in [1.165, 1.54) is 6.92 Å². The van der Waals surface area contributed by atoms with Crippen molar-refractivity contribution >= 4 is 11.9 Å². The molecule has 0 amide bonds. The van der Waals surface area contributed by atoms with Gasteiger partial charge in [-0.25, -0.2) is 4.79 Å². The highest BCUT2D eigenvalue weighted by Gasteiger charge is 2.43. The Labute approximate surface area is 126 Å². The Balaban J connectivity index is 2.42. The Morgan fingerprint density at radius 1 is 1.18 bits per heavy atom. The SMILES string of the molecule is C=CC(=O)OCC(C)C(=O)OCC1OC(O)C(O)C(O)C1O. The molecule has 1 saturated heterocycles. The number of aliphatic hydroxyl groups is 4. The highest BCUT2D eigenvalue weighted by atomic mass is 16.7. The molecule has 1 fully saturated rings. The zero-order valence-corrected chi connectivity index (χ0v) is 12.0. The van der Waals surface area contributed by atoms with Crippen LogP contribution in [0.3, 0.4) is 0 Å². The van der Waals surface area contributed by atoms with E-state index in [9.17, 15) is 30.0 Å². The van der Waals surface area contributed by atoms with Crippen molar-refractivity contribution in [2.75, 3.05) is 13.2 Å². The molecule has 0 radical (unpaired) electrons. The lowest BCUT2D eigenvalue weighted by Crippen LogP contribution is -2.58. The van der Waals surface area contributed by atoms with Gasteiger partial charge < -0.3 is 34.6 Å². The van der Waals surface area contributed by atoms with E-state index >= 15 is 0 Å². The number of ether oxygens (including phenoxy) is 3. The Hall–Kier alpha value is -1.52. The summed E-state index contributed by atoms with van der Waals surface area (Å²) in [5, 5.41) is 37.8. The van der Waals surface area contributed by atoms with Crippen LogP contribution in [0.15, 0.2) is 12.7 Å². The van der Waals surface area contributed by atoms with Gasteiger partial charge in [0.15, 0.2) is 6.29 Å². The summed E-state index contributed by atoms with van der Waals surface area (Å²) < 4.78 is 14.4. The summed E-state index contributed by atoms with van der Waals surface area (Å²) in [6.45, 7) is 4.02. The normalized spacial score (nSPS) is 32.9. The molecule has 6 unspecified atom stereocenters. The lowest BCUT2D eigenvalue weighted by atomic mass is 9.99. The molecule has 126 valence electrons. The first kappa shape index (κ1) is 18.5. The van der Waals surface area contributed by atoms with Crippen LogP contribution in [0.4, 0.5) is 0 Å². The lowest BCUT2D eigenvalue weighted by Gasteiger charge is -2.37. The van der Waals surface area contributed by atoms with Crippen LogP contribution >= 0.6 is 0 Å². The van der Waals surface area contributed by atoms with Crippen LogP contribution in [0.2, 0.25) is 0 Å². The smallest absolute Gasteiger partial charge is 0.330 e. The number of carbonyl (C=O) groups excluding carboxylic acids is 2. The summed E-state index contributed by atoms with van der Waals surface area (Å²) in [5.74, 6) is -2.15. The van der Waals surface area contributed by atoms with Crippen molar-refractivity contribution in [2.45, 2.75) is 37.6 Å². The largest absolute Gasteiger partial charge is 0.463 e. The molecule has 9 nitrogen and oxygen atoms in total. The molecule has 1 rings (SSSR count). The fourth-order valence-electron chi connectivity index (χ4n) is 1.71. The highest BCUT2D eigenvalue weighted by Crippen LogP contribution is 2.20. The van der Waals surface area contributed by atoms with E-state index in [1.807, 2.05) is 0 Å². The van der Waals surface area contributed by atoms with Gasteiger partial charge in [0.05, 0.1) is 5.92 Å². The third-order valence-electron chi connectivity index (χ3n) is 3.12. The number of rotatable bonds is 6. The Bertz CT molecular complexity index is 410. The van der Waals surface area contributed by atoms with E-state index in [2.05, 4.69) is 11.3 Å². The Morgan fingerprint density at radius 2 is 1.82 bits per heavy atom. The van der Waals surface area contributed by atoms with Gasteiger partial charge in [0, 0.05) is 6.08 Å². The molecule has 0 aliphatic carbocycles. The van der Waals surface area contributed by atoms with E-state index in [1.54, 1.807) is 0 Å². The Kier molecular flexibility index (Phi) is 6.91. The fourth-order valence-corrected chi connectivity index (χ4v) is 1.71. The van der Waals surface area contributed by atoms with Gasteiger partial charge in [0.1, 0.15) is 37.6 Å². The summed E-state index contributed by atoms with van der Waals surface area (Å²) in [6.07, 6.45) is -6.75. The predicted molar refractivity (Wildman–Crippen MR) is 70.2 cm³/mol. The summed E-state index contributed by atoms with van der Waals surface area (Å²) in [6, 6.07) is 0. The molecule has 1 aliphatic heterocycles. The van der Waals surface area contributed by atoms with E-state index in [4.69, 9.17) is 9.47 Å². The molecular formula is C13H20O9. The number of esters is 2. The minimum absolute atomic E-state index is 0.207. The number of aliphatic hydroxyl groups excluding tert-OH is 4. The third kappa shape index (κ3) is 4.75. The van der Waals surface area contributed by atoms with Gasteiger partial charge in [0.25, 0.3) is 0 Å². The van der Waals surface area contributed by atoms with Crippen molar-refractivity contribution in [3.05, 3.63) is 12.7 Å². The zero-order chi connectivity index (χ0) is 16.9. The predicted octanol–water partition coefficient (Wildman–Crippen LogP) is -2.31. The summed E-state index contributed by atoms with van der Waals surface area (Å²) in [4.78, 5) is 22.5. The second-order valence-corrected chi connectivity index (χ2v) is 4.90. The maximum atomic E-state index is 11.7. The molecule has 22 heavy (non-hydrogen) atoms. The zero-order valence-electron chi connectivity index (χ0n) is 12.0. The van der Waals surface area contributed by atoms with Gasteiger partial charge in [-0.3, -0.25) is 4.79 Å². The molecule has 0 saturated carbocycles. The molecule has 0 aromatic carbocycles. The maximum absolute atomic E-state index is 11.7. The van der Waals surface area contributed by atoms with Crippen molar-refractivity contribution in [1.29, 1.82) is 0 Å². The van der Waals surface area contributed by atoms with Crippen molar-refractivity contribution in [2.24, 2.45) is 5.92 Å². The molecular weight excluding hydrogens is 300 g/mol. The van der Waals surface area contributed by atoms with Gasteiger partial charge in [0.2, 0.25) is 0 Å². The fraction of sp³-hybridized carbons (Fsp3) is 0.692. The van der Waals surface area contributed by atoms with Crippen LogP contribution in [0, 0.1) is 5.92 Å². The average molecular weight is 320 g/mol. The van der Waals surface area contributed by atoms with Crippen LogP contribution in [0.1, 0.15) is 6.92 Å². The van der Waals surface area contributed by atoms with E-state index in [0.717, 1.165) is 6.08 Å². The lowest BCUT2D eigenvalue weighted by molar-refractivity contribution is -0.287. The molecule has 4 N–H and O–H groups in total. The van der Waals surface area contributed by atoms with Crippen LogP contribution in [0.25, 0.3) is 0 Å². The van der Waals surface area contributed by atoms with E-state index < -0.39 is 55.2 Å². The molecule has 0 aromatic rings. The highest BCUT2D eigenvalue weighted by molar-refractivity contribution is 5.81. The van der Waals surface area contributed by atoms with E-state index in [-0.39, 0.29) is 6.61 Å². The summed E-state index contributed by atoms with van der Waals surface area (Å²) in [7, 11) is 0. The van der Waals surface area contributed by atoms with E-state index in [0.29, 0.717) is 0 Å². The molecule has 0 bridgehead atoms. The first-order valence-corrected chi connectivity index (χ1v) is 6.61. The minimum atomic E-state index is -1.70. The molecule has 6 atom stereocenters. The number of hydrogen-bond acceptors (Lipinski definition) is 9. The third-order valence-corrected chi connectivity index (χ3v) is 3.12. The molecule has 9 heteroatoms. The van der Waals surface area contributed by atoms with Gasteiger partial charge in [-0.1, -0.05) is 6.58 Å². The van der Waals surface area contributed by atoms with Crippen molar-refractivity contribution in [3.8, 4) is 0 Å². The minimum Gasteiger partial charge on any atom is -0.463 e. The quantitative estimate of drug-likeness (QED) is 0.313. The average Bonchev–Trinajstić information content (AvgIpc) is 2.51. The van der Waals surface area contributed by atoms with Crippen LogP contribution in [-0.2, 0) is 23.8 Å². The monoisotopic (exact) mass is 320 g/mol. The first-order chi connectivity index (χ1) is 10.3. The number of hydrogen-bond donors (Lipinski definition) is 4. The standard InChI is InChI=1S/C13H20O9/c1-3-8(14)20-4-6(2)12(18)21-5-7-9(15)10(16)11(17)13(19)22-7/h3,6-7,9-11,13,15-17,19H,1,4-5H2,2H3. The van der Waals surface area contributed by atoms with Gasteiger partial charge in [-0.15, -0.1) is 0 Å². The molecule has 1 heterocycles. The van der Waals surface area contributed by atoms with Crippen LogP contribution in [0.5, 0.6) is 0 Å². The topological polar surface area (TPSA) is 143 Å². The second kappa shape index (κ2) is 8.20. The van der Waals surface area contributed by atoms with Crippen LogP contribution in [-0.4, -0.2) is 76.3 Å². The van der Waals surface area contributed by atoms with Crippen molar-refractivity contribution < 1.29 is 44.2 Å². The van der Waals surface area contributed by atoms with Gasteiger partial charge >= 0.3 is 11.9 Å². The first-order valence-electron chi connectivity index (χ1n) is 6.61. The molecule has 0 spiro atoms. The number of carbonyl (C=O) groups is 2. The Morgan fingerprint density at radius 3 is 2.41 bits per heavy atom. The van der Waals surface area contributed by atoms with Crippen molar-refractivity contribution in [1.82, 2.24) is 0 Å². The summed E-state index contributed by atoms with van der Waals surface area (Å²) >= 11 is 0. The van der Waals surface area contributed by atoms with Gasteiger partial charge in [-0.05, 0) is 6.92 Å². The van der Waals surface area contributed by atoms with Gasteiger partial charge in [-0.2, -0.15) is 0 Å². The molecule has 1 aliphatic rings.